The Morgan fingerprint density at radius 3 is 2.94 bits per heavy atom. The lowest BCUT2D eigenvalue weighted by Gasteiger charge is -1.98. The Hall–Kier alpha value is -1.75. The van der Waals surface area contributed by atoms with Gasteiger partial charge in [-0.3, -0.25) is 0 Å². The van der Waals surface area contributed by atoms with E-state index >= 15 is 0 Å². The molecule has 0 aliphatic heterocycles. The van der Waals surface area contributed by atoms with Gasteiger partial charge in [0.25, 0.3) is 0 Å². The highest BCUT2D eigenvalue weighted by Gasteiger charge is 2.03. The van der Waals surface area contributed by atoms with Crippen LogP contribution < -0.4 is 5.73 Å². The highest BCUT2D eigenvalue weighted by Crippen LogP contribution is 2.09. The van der Waals surface area contributed by atoms with Crippen LogP contribution in [0, 0.1) is 5.82 Å². The van der Waals surface area contributed by atoms with Crippen molar-refractivity contribution in [2.24, 2.45) is 5.73 Å². The van der Waals surface area contributed by atoms with Gasteiger partial charge in [0.15, 0.2) is 0 Å². The second kappa shape index (κ2) is 5.54. The normalized spacial score (nSPS) is 10.7. The number of unbranched alkanes of at least 4 members (excludes halogenated alkanes) is 1. The summed E-state index contributed by atoms with van der Waals surface area (Å²) < 4.78 is 14.6. The van der Waals surface area contributed by atoms with Crippen molar-refractivity contribution in [1.29, 1.82) is 0 Å². The van der Waals surface area contributed by atoms with Crippen molar-refractivity contribution in [3.63, 3.8) is 0 Å². The second-order valence-electron chi connectivity index (χ2n) is 3.88. The number of hydrogen-bond donors (Lipinski definition) is 1. The molecule has 1 heterocycles. The summed E-state index contributed by atoms with van der Waals surface area (Å²) in [6.45, 7) is 0.692. The maximum Gasteiger partial charge on any atom is 0.125 e. The van der Waals surface area contributed by atoms with Crippen molar-refractivity contribution in [1.82, 2.24) is 15.0 Å². The molecule has 1 aromatic heterocycles. The summed E-state index contributed by atoms with van der Waals surface area (Å²) in [5.41, 5.74) is 7.01. The molecule has 2 aromatic rings. The van der Waals surface area contributed by atoms with E-state index in [1.54, 1.807) is 16.8 Å². The molecule has 0 unspecified atom stereocenters. The molecule has 5 heteroatoms. The summed E-state index contributed by atoms with van der Waals surface area (Å²) in [7, 11) is 0. The van der Waals surface area contributed by atoms with E-state index in [1.807, 2.05) is 6.20 Å². The Kier molecular flexibility index (Phi) is 3.82. The average molecular weight is 234 g/mol. The summed E-state index contributed by atoms with van der Waals surface area (Å²) in [5.74, 6) is -0.275. The van der Waals surface area contributed by atoms with Gasteiger partial charge in [0.2, 0.25) is 0 Å². The highest BCUT2D eigenvalue weighted by atomic mass is 19.1. The first kappa shape index (κ1) is 11.7. The van der Waals surface area contributed by atoms with Crippen LogP contribution in [-0.2, 0) is 6.42 Å². The minimum absolute atomic E-state index is 0.275. The zero-order chi connectivity index (χ0) is 12.1. The molecule has 0 spiro atoms. The number of hydrogen-bond acceptors (Lipinski definition) is 3. The van der Waals surface area contributed by atoms with Crippen molar-refractivity contribution in [2.45, 2.75) is 19.3 Å². The molecule has 2 N–H and O–H groups in total. The van der Waals surface area contributed by atoms with Gasteiger partial charge in [0, 0.05) is 0 Å². The van der Waals surface area contributed by atoms with E-state index in [0.29, 0.717) is 12.2 Å². The van der Waals surface area contributed by atoms with E-state index < -0.39 is 0 Å². The lowest BCUT2D eigenvalue weighted by molar-refractivity contribution is 0.624. The summed E-state index contributed by atoms with van der Waals surface area (Å²) in [6.07, 6.45) is 4.66. The maximum atomic E-state index is 13.0. The minimum atomic E-state index is -0.275. The van der Waals surface area contributed by atoms with E-state index in [0.717, 1.165) is 25.0 Å². The highest BCUT2D eigenvalue weighted by molar-refractivity contribution is 5.30. The first-order chi connectivity index (χ1) is 8.29. The third kappa shape index (κ3) is 3.10. The molecule has 90 valence electrons. The molecule has 0 radical (unpaired) electrons. The molecule has 0 saturated carbocycles. The van der Waals surface area contributed by atoms with Crippen LogP contribution in [0.15, 0.2) is 30.5 Å². The first-order valence-corrected chi connectivity index (χ1v) is 5.67. The zero-order valence-electron chi connectivity index (χ0n) is 9.51. The lowest BCUT2D eigenvalue weighted by Crippen LogP contribution is -1.99. The van der Waals surface area contributed by atoms with Crippen LogP contribution >= 0.6 is 0 Å². The quantitative estimate of drug-likeness (QED) is 0.801. The van der Waals surface area contributed by atoms with E-state index in [9.17, 15) is 4.39 Å². The second-order valence-corrected chi connectivity index (χ2v) is 3.88. The van der Waals surface area contributed by atoms with Gasteiger partial charge in [-0.25, -0.2) is 9.07 Å². The summed E-state index contributed by atoms with van der Waals surface area (Å²) in [6, 6.07) is 6.28. The Morgan fingerprint density at radius 1 is 1.29 bits per heavy atom. The fourth-order valence-corrected chi connectivity index (χ4v) is 1.61. The predicted molar refractivity (Wildman–Crippen MR) is 63.3 cm³/mol. The smallest absolute Gasteiger partial charge is 0.125 e. The molecular weight excluding hydrogens is 219 g/mol. The van der Waals surface area contributed by atoms with Gasteiger partial charge in [-0.2, -0.15) is 0 Å². The zero-order valence-corrected chi connectivity index (χ0v) is 9.51. The molecule has 0 atom stereocenters. The Labute approximate surface area is 99.2 Å². The van der Waals surface area contributed by atoms with E-state index in [1.165, 1.54) is 12.1 Å². The van der Waals surface area contributed by atoms with Gasteiger partial charge < -0.3 is 5.73 Å². The largest absolute Gasteiger partial charge is 0.330 e. The number of halogens is 1. The van der Waals surface area contributed by atoms with Crippen molar-refractivity contribution >= 4 is 0 Å². The monoisotopic (exact) mass is 234 g/mol. The van der Waals surface area contributed by atoms with Gasteiger partial charge in [-0.15, -0.1) is 5.10 Å². The maximum absolute atomic E-state index is 13.0. The minimum Gasteiger partial charge on any atom is -0.330 e. The SMILES string of the molecule is NCCCCc1cn(-c2cccc(F)c2)nn1. The Bertz CT molecular complexity index is 481. The van der Waals surface area contributed by atoms with Crippen molar-refractivity contribution in [3.8, 4) is 5.69 Å². The van der Waals surface area contributed by atoms with Crippen LogP contribution in [-0.4, -0.2) is 21.5 Å². The van der Waals surface area contributed by atoms with Gasteiger partial charge >= 0.3 is 0 Å². The Morgan fingerprint density at radius 2 is 2.18 bits per heavy atom. The molecule has 0 aliphatic rings. The topological polar surface area (TPSA) is 56.7 Å². The molecule has 0 bridgehead atoms. The molecule has 0 fully saturated rings. The summed E-state index contributed by atoms with van der Waals surface area (Å²) >= 11 is 0. The number of aryl methyl sites for hydroxylation is 1. The number of rotatable bonds is 5. The van der Waals surface area contributed by atoms with E-state index in [-0.39, 0.29) is 5.82 Å². The van der Waals surface area contributed by atoms with Crippen LogP contribution in [0.4, 0.5) is 4.39 Å². The molecule has 2 rings (SSSR count). The van der Waals surface area contributed by atoms with Gasteiger partial charge in [-0.1, -0.05) is 11.3 Å². The molecule has 0 amide bonds. The third-order valence-corrected chi connectivity index (χ3v) is 2.50. The number of benzene rings is 1. The van der Waals surface area contributed by atoms with Crippen LogP contribution in [0.3, 0.4) is 0 Å². The number of nitrogens with two attached hydrogens (primary N) is 1. The van der Waals surface area contributed by atoms with Crippen molar-refractivity contribution in [2.75, 3.05) is 6.54 Å². The molecule has 17 heavy (non-hydrogen) atoms. The van der Waals surface area contributed by atoms with Gasteiger partial charge in [0.1, 0.15) is 5.82 Å². The molecule has 1 aromatic carbocycles. The molecule has 0 aliphatic carbocycles. The summed E-state index contributed by atoms with van der Waals surface area (Å²) in [5, 5.41) is 8.02. The fourth-order valence-electron chi connectivity index (χ4n) is 1.61. The van der Waals surface area contributed by atoms with Crippen molar-refractivity contribution < 1.29 is 4.39 Å². The first-order valence-electron chi connectivity index (χ1n) is 5.67. The standard InChI is InChI=1S/C12H15FN4/c13-10-4-3-6-12(8-10)17-9-11(15-16-17)5-1-2-7-14/h3-4,6,8-9H,1-2,5,7,14H2. The van der Waals surface area contributed by atoms with E-state index in [2.05, 4.69) is 10.3 Å². The average Bonchev–Trinajstić information content (AvgIpc) is 2.78. The van der Waals surface area contributed by atoms with Crippen LogP contribution in [0.25, 0.3) is 5.69 Å². The third-order valence-electron chi connectivity index (χ3n) is 2.50. The molecular formula is C12H15FN4. The fraction of sp³-hybridized carbons (Fsp3) is 0.333. The van der Waals surface area contributed by atoms with E-state index in [4.69, 9.17) is 5.73 Å². The van der Waals surface area contributed by atoms with Crippen molar-refractivity contribution in [3.05, 3.63) is 42.0 Å². The Balaban J connectivity index is 2.07. The lowest BCUT2D eigenvalue weighted by atomic mass is 10.2. The molecule has 4 nitrogen and oxygen atoms in total. The number of aromatic nitrogens is 3. The van der Waals surface area contributed by atoms with Crippen LogP contribution in [0.5, 0.6) is 0 Å². The van der Waals surface area contributed by atoms with Crippen LogP contribution in [0.1, 0.15) is 18.5 Å². The summed E-state index contributed by atoms with van der Waals surface area (Å²) in [4.78, 5) is 0. The predicted octanol–water partition coefficient (Wildman–Crippen LogP) is 1.69. The van der Waals surface area contributed by atoms with Gasteiger partial charge in [0.05, 0.1) is 17.6 Å². The molecule has 0 saturated heterocycles. The van der Waals surface area contributed by atoms with Gasteiger partial charge in [-0.05, 0) is 44.0 Å². The van der Waals surface area contributed by atoms with Crippen LogP contribution in [0.2, 0.25) is 0 Å². The number of nitrogens with zero attached hydrogens (tertiary/aromatic N) is 3.